The molecule has 194 valence electrons. The molecule has 37 heavy (non-hydrogen) atoms. The second-order valence-corrected chi connectivity index (χ2v) is 10.2. The van der Waals surface area contributed by atoms with E-state index in [4.69, 9.17) is 21.1 Å². The fraction of sp³-hybridized carbons (Fsp3) is 0.222. The summed E-state index contributed by atoms with van der Waals surface area (Å²) in [6, 6.07) is 16.7. The van der Waals surface area contributed by atoms with Gasteiger partial charge >= 0.3 is 0 Å². The smallest absolute Gasteiger partial charge is 0.240 e. The highest BCUT2D eigenvalue weighted by Gasteiger charge is 2.13. The number of nitrogens with zero attached hydrogens (tertiary/aromatic N) is 1. The monoisotopic (exact) mass is 649 g/mol. The zero-order valence-corrected chi connectivity index (χ0v) is 24.2. The number of hydrogen-bond acceptors (Lipinski definition) is 5. The van der Waals surface area contributed by atoms with Crippen molar-refractivity contribution in [1.29, 1.82) is 0 Å². The first kappa shape index (κ1) is 28.7. The van der Waals surface area contributed by atoms with Crippen molar-refractivity contribution < 1.29 is 19.1 Å². The number of hydrazone groups is 1. The highest BCUT2D eigenvalue weighted by atomic mass is 79.9. The van der Waals surface area contributed by atoms with Crippen LogP contribution in [0, 0.1) is 6.92 Å². The summed E-state index contributed by atoms with van der Waals surface area (Å²) >= 11 is 13.0. The van der Waals surface area contributed by atoms with Crippen LogP contribution in [0.15, 0.2) is 68.6 Å². The third kappa shape index (κ3) is 9.18. The summed E-state index contributed by atoms with van der Waals surface area (Å²) in [6.07, 6.45) is 1.49. The minimum Gasteiger partial charge on any atom is -0.490 e. The van der Waals surface area contributed by atoms with E-state index >= 15 is 0 Å². The number of anilines is 1. The summed E-state index contributed by atoms with van der Waals surface area (Å²) in [7, 11) is 0. The average Bonchev–Trinajstić information content (AvgIpc) is 2.86. The van der Waals surface area contributed by atoms with E-state index in [0.717, 1.165) is 15.6 Å². The molecule has 0 heterocycles. The lowest BCUT2D eigenvalue weighted by Gasteiger charge is -2.14. The second kappa shape index (κ2) is 14.2. The van der Waals surface area contributed by atoms with E-state index in [1.807, 2.05) is 50.2 Å². The summed E-state index contributed by atoms with van der Waals surface area (Å²) in [4.78, 5) is 24.3. The number of hydrogen-bond donors (Lipinski definition) is 2. The Bertz CT molecular complexity index is 1280. The van der Waals surface area contributed by atoms with Crippen molar-refractivity contribution in [2.75, 3.05) is 11.9 Å². The molecule has 0 saturated carbocycles. The fourth-order valence-electron chi connectivity index (χ4n) is 3.16. The van der Waals surface area contributed by atoms with Crippen LogP contribution in [-0.2, 0) is 16.2 Å². The number of ether oxygens (including phenoxy) is 2. The van der Waals surface area contributed by atoms with Crippen molar-refractivity contribution in [1.82, 2.24) is 5.43 Å². The van der Waals surface area contributed by atoms with Crippen LogP contribution >= 0.6 is 43.5 Å². The minimum atomic E-state index is -0.383. The van der Waals surface area contributed by atoms with Crippen molar-refractivity contribution in [3.8, 4) is 11.5 Å². The number of amides is 2. The molecule has 3 aromatic carbocycles. The van der Waals surface area contributed by atoms with Crippen LogP contribution in [0.5, 0.6) is 11.5 Å². The predicted octanol–water partition coefficient (Wildman–Crippen LogP) is 7.02. The van der Waals surface area contributed by atoms with E-state index in [0.29, 0.717) is 45.5 Å². The molecule has 0 bridgehead atoms. The standard InChI is InChI=1S/C27H26Br2ClN3O4/c1-3-36-24-13-19(12-22(29)27(24)37-16-18-5-7-20(28)8-6-18)15-31-33-26(35)11-10-25(34)32-21-9-4-17(2)23(30)14-21/h4-9,12-15H,3,10-11,16H2,1-2H3,(H,32,34)(H,33,35). The topological polar surface area (TPSA) is 89.0 Å². The summed E-state index contributed by atoms with van der Waals surface area (Å²) in [5.41, 5.74) is 5.65. The van der Waals surface area contributed by atoms with Crippen LogP contribution in [0.3, 0.4) is 0 Å². The zero-order valence-electron chi connectivity index (χ0n) is 20.3. The molecular formula is C27H26Br2ClN3O4. The zero-order chi connectivity index (χ0) is 26.8. The minimum absolute atomic E-state index is 0.0112. The third-order valence-corrected chi connectivity index (χ3v) is 6.59. The molecule has 0 unspecified atom stereocenters. The molecule has 2 amide bonds. The first-order valence-corrected chi connectivity index (χ1v) is 13.4. The van der Waals surface area contributed by atoms with E-state index < -0.39 is 0 Å². The SMILES string of the molecule is CCOc1cc(C=NNC(=O)CCC(=O)Nc2ccc(C)c(Cl)c2)cc(Br)c1OCc1ccc(Br)cc1. The van der Waals surface area contributed by atoms with Crippen molar-refractivity contribution in [3.63, 3.8) is 0 Å². The quantitative estimate of drug-likeness (QED) is 0.172. The van der Waals surface area contributed by atoms with Crippen LogP contribution in [0.1, 0.15) is 36.5 Å². The van der Waals surface area contributed by atoms with Crippen molar-refractivity contribution in [2.24, 2.45) is 5.10 Å². The Balaban J connectivity index is 1.53. The number of carbonyl (C=O) groups is 2. The van der Waals surface area contributed by atoms with E-state index in [2.05, 4.69) is 47.7 Å². The van der Waals surface area contributed by atoms with Crippen LogP contribution < -0.4 is 20.2 Å². The van der Waals surface area contributed by atoms with Crippen LogP contribution in [0.4, 0.5) is 5.69 Å². The van der Waals surface area contributed by atoms with E-state index in [-0.39, 0.29) is 24.7 Å². The maximum absolute atomic E-state index is 12.1. The van der Waals surface area contributed by atoms with Crippen molar-refractivity contribution in [2.45, 2.75) is 33.3 Å². The number of aryl methyl sites for hydroxylation is 1. The molecule has 0 spiro atoms. The van der Waals surface area contributed by atoms with Gasteiger partial charge in [0.15, 0.2) is 11.5 Å². The number of rotatable bonds is 11. The Hall–Kier alpha value is -2.88. The molecule has 0 aliphatic rings. The first-order chi connectivity index (χ1) is 17.7. The Morgan fingerprint density at radius 2 is 1.73 bits per heavy atom. The van der Waals surface area contributed by atoms with Gasteiger partial charge in [-0.25, -0.2) is 5.43 Å². The van der Waals surface area contributed by atoms with Crippen molar-refractivity contribution in [3.05, 3.63) is 85.3 Å². The summed E-state index contributed by atoms with van der Waals surface area (Å²) in [5.74, 6) is 0.455. The van der Waals surface area contributed by atoms with Crippen LogP contribution in [0.25, 0.3) is 0 Å². The molecule has 0 aliphatic carbocycles. The molecule has 10 heteroatoms. The van der Waals surface area contributed by atoms with Gasteiger partial charge in [-0.3, -0.25) is 9.59 Å². The molecule has 0 aromatic heterocycles. The van der Waals surface area contributed by atoms with Gasteiger partial charge in [-0.1, -0.05) is 45.7 Å². The van der Waals surface area contributed by atoms with Gasteiger partial charge < -0.3 is 14.8 Å². The number of carbonyl (C=O) groups excluding carboxylic acids is 2. The van der Waals surface area contributed by atoms with Crippen LogP contribution in [0.2, 0.25) is 5.02 Å². The number of benzene rings is 3. The van der Waals surface area contributed by atoms with Gasteiger partial charge in [-0.05, 0) is 82.9 Å². The highest BCUT2D eigenvalue weighted by Crippen LogP contribution is 2.37. The van der Waals surface area contributed by atoms with E-state index in [1.165, 1.54) is 6.21 Å². The molecule has 3 rings (SSSR count). The lowest BCUT2D eigenvalue weighted by Crippen LogP contribution is -2.20. The molecule has 0 atom stereocenters. The Labute approximate surface area is 237 Å². The van der Waals surface area contributed by atoms with Crippen LogP contribution in [-0.4, -0.2) is 24.6 Å². The third-order valence-electron chi connectivity index (χ3n) is 5.07. The van der Waals surface area contributed by atoms with Gasteiger partial charge in [0.2, 0.25) is 11.8 Å². The summed E-state index contributed by atoms with van der Waals surface area (Å²) in [5, 5.41) is 7.29. The van der Waals surface area contributed by atoms with Gasteiger partial charge in [-0.2, -0.15) is 5.10 Å². The molecule has 7 nitrogen and oxygen atoms in total. The first-order valence-electron chi connectivity index (χ1n) is 11.5. The highest BCUT2D eigenvalue weighted by molar-refractivity contribution is 9.10. The van der Waals surface area contributed by atoms with E-state index in [9.17, 15) is 9.59 Å². The van der Waals surface area contributed by atoms with Gasteiger partial charge in [-0.15, -0.1) is 0 Å². The maximum Gasteiger partial charge on any atom is 0.240 e. The lowest BCUT2D eigenvalue weighted by molar-refractivity contribution is -0.124. The second-order valence-electron chi connectivity index (χ2n) is 7.98. The number of halogens is 3. The van der Waals surface area contributed by atoms with E-state index in [1.54, 1.807) is 18.2 Å². The normalized spacial score (nSPS) is 10.8. The maximum atomic E-state index is 12.1. The van der Waals surface area contributed by atoms with Crippen molar-refractivity contribution >= 4 is 67.2 Å². The lowest BCUT2D eigenvalue weighted by atomic mass is 10.2. The summed E-state index contributed by atoms with van der Waals surface area (Å²) < 4.78 is 13.5. The van der Waals surface area contributed by atoms with Gasteiger partial charge in [0.1, 0.15) is 6.61 Å². The Morgan fingerprint density at radius 3 is 2.43 bits per heavy atom. The Kier molecular flexibility index (Phi) is 11.0. The molecule has 0 aliphatic heterocycles. The van der Waals surface area contributed by atoms with Gasteiger partial charge in [0.05, 0.1) is 17.3 Å². The predicted molar refractivity (Wildman–Crippen MR) is 154 cm³/mol. The number of nitrogens with one attached hydrogen (secondary N) is 2. The molecule has 2 N–H and O–H groups in total. The average molecular weight is 652 g/mol. The largest absolute Gasteiger partial charge is 0.490 e. The molecule has 0 saturated heterocycles. The molecular weight excluding hydrogens is 626 g/mol. The summed E-state index contributed by atoms with van der Waals surface area (Å²) in [6.45, 7) is 4.59. The molecule has 0 fully saturated rings. The fourth-order valence-corrected chi connectivity index (χ4v) is 4.18. The van der Waals surface area contributed by atoms with Gasteiger partial charge in [0.25, 0.3) is 0 Å². The molecule has 0 radical (unpaired) electrons. The van der Waals surface area contributed by atoms with Gasteiger partial charge in [0, 0.05) is 28.0 Å². The Morgan fingerprint density at radius 1 is 1.00 bits per heavy atom. The molecule has 3 aromatic rings.